The van der Waals surface area contributed by atoms with Gasteiger partial charge in [-0.1, -0.05) is 0 Å². The highest BCUT2D eigenvalue weighted by molar-refractivity contribution is 7.86. The van der Waals surface area contributed by atoms with E-state index in [1.165, 1.54) is 0 Å². The van der Waals surface area contributed by atoms with Crippen LogP contribution in [0.1, 0.15) is 12.0 Å². The molecule has 0 fully saturated rings. The average molecular weight is 216 g/mol. The fourth-order valence-electron chi connectivity index (χ4n) is 0.652. The van der Waals surface area contributed by atoms with Crippen LogP contribution in [0.4, 0.5) is 12.7 Å². The molecule has 0 atom stereocenters. The molecule has 0 aliphatic carbocycles. The lowest BCUT2D eigenvalue weighted by Crippen LogP contribution is -1.94. The van der Waals surface area contributed by atoms with Gasteiger partial charge in [0.05, 0.1) is 0 Å². The smallest absolute Gasteiger partial charge is 0.205 e. The summed E-state index contributed by atoms with van der Waals surface area (Å²) >= 11 is 0.722. The third kappa shape index (κ3) is 1.78. The Labute approximate surface area is 70.9 Å². The van der Waals surface area contributed by atoms with E-state index in [1.807, 2.05) is 0 Å². The quantitative estimate of drug-likeness (QED) is 0.711. The van der Waals surface area contributed by atoms with Crippen molar-refractivity contribution in [3.05, 3.63) is 16.3 Å². The van der Waals surface area contributed by atoms with Crippen molar-refractivity contribution in [3.63, 3.8) is 0 Å². The van der Waals surface area contributed by atoms with E-state index in [-0.39, 0.29) is 0 Å². The van der Waals surface area contributed by atoms with Crippen molar-refractivity contribution in [1.29, 1.82) is 0 Å². The van der Waals surface area contributed by atoms with Crippen LogP contribution >= 0.6 is 11.3 Å². The van der Waals surface area contributed by atoms with Crippen molar-refractivity contribution in [2.75, 3.05) is 0 Å². The van der Waals surface area contributed by atoms with Crippen LogP contribution in [-0.2, 0) is 10.2 Å². The van der Waals surface area contributed by atoms with E-state index >= 15 is 0 Å². The van der Waals surface area contributed by atoms with Gasteiger partial charge in [-0.25, -0.2) is 8.78 Å². The first-order valence-electron chi connectivity index (χ1n) is 2.72. The van der Waals surface area contributed by atoms with Crippen molar-refractivity contribution < 1.29 is 21.1 Å². The van der Waals surface area contributed by atoms with Crippen LogP contribution in [0.5, 0.6) is 0 Å². The summed E-state index contributed by atoms with van der Waals surface area (Å²) in [6.45, 7) is 0. The van der Waals surface area contributed by atoms with Crippen LogP contribution in [-0.4, -0.2) is 8.42 Å². The van der Waals surface area contributed by atoms with Crippen molar-refractivity contribution >= 4 is 21.6 Å². The third-order valence-electron chi connectivity index (χ3n) is 1.15. The highest BCUT2D eigenvalue weighted by Crippen LogP contribution is 2.30. The highest BCUT2D eigenvalue weighted by Gasteiger charge is 2.23. The van der Waals surface area contributed by atoms with Crippen LogP contribution in [0.25, 0.3) is 0 Å². The summed E-state index contributed by atoms with van der Waals surface area (Å²) in [5.74, 6) is 0. The largest absolute Gasteiger partial charge is 0.333 e. The van der Waals surface area contributed by atoms with Crippen molar-refractivity contribution in [1.82, 2.24) is 0 Å². The van der Waals surface area contributed by atoms with E-state index in [0.717, 1.165) is 22.1 Å². The van der Waals surface area contributed by atoms with E-state index < -0.39 is 27.1 Å². The predicted octanol–water partition coefficient (Wildman–Crippen LogP) is 2.34. The zero-order valence-electron chi connectivity index (χ0n) is 5.50. The van der Waals surface area contributed by atoms with E-state index in [1.54, 1.807) is 0 Å². The lowest BCUT2D eigenvalue weighted by atomic mass is 10.4. The molecule has 0 N–H and O–H groups in total. The molecule has 0 aromatic carbocycles. The van der Waals surface area contributed by atoms with Crippen LogP contribution < -0.4 is 0 Å². The van der Waals surface area contributed by atoms with Gasteiger partial charge in [0.2, 0.25) is 0 Å². The third-order valence-corrected chi connectivity index (χ3v) is 2.94. The second-order valence-corrected chi connectivity index (χ2v) is 3.99. The van der Waals surface area contributed by atoms with Gasteiger partial charge in [-0.15, -0.1) is 3.89 Å². The van der Waals surface area contributed by atoms with Gasteiger partial charge >= 0.3 is 10.2 Å². The molecule has 0 unspecified atom stereocenters. The van der Waals surface area contributed by atoms with E-state index in [0.29, 0.717) is 0 Å². The first-order valence-corrected chi connectivity index (χ1v) is 5.04. The van der Waals surface area contributed by atoms with Crippen LogP contribution in [0.3, 0.4) is 0 Å². The minimum atomic E-state index is -5.00. The standard InChI is InChI=1S/C5H3F3O2S2/c6-5(7)3-1-11-2-4(3)12(8,9)10/h1-2,5H. The SMILES string of the molecule is O=S(=O)(F)c1cscc1C(F)F. The van der Waals surface area contributed by atoms with Gasteiger partial charge in [0.1, 0.15) is 4.90 Å². The molecule has 0 saturated carbocycles. The fraction of sp³-hybridized carbons (Fsp3) is 0.200. The topological polar surface area (TPSA) is 34.1 Å². The molecule has 7 heteroatoms. The first-order chi connectivity index (χ1) is 5.43. The Bertz CT molecular complexity index is 368. The molecule has 1 aromatic rings. The summed E-state index contributed by atoms with van der Waals surface area (Å²) in [6, 6.07) is 0. The molecule has 1 aromatic heterocycles. The molecule has 12 heavy (non-hydrogen) atoms. The summed E-state index contributed by atoms with van der Waals surface area (Å²) in [7, 11) is -5.00. The summed E-state index contributed by atoms with van der Waals surface area (Å²) in [4.78, 5) is -0.928. The molecule has 0 bridgehead atoms. The Hall–Kier alpha value is -0.560. The zero-order valence-corrected chi connectivity index (χ0v) is 7.13. The molecular weight excluding hydrogens is 213 g/mol. The number of halogens is 3. The van der Waals surface area contributed by atoms with Crippen LogP contribution in [0.2, 0.25) is 0 Å². The number of thiophene rings is 1. The first kappa shape index (κ1) is 9.53. The number of hydrogen-bond donors (Lipinski definition) is 0. The average Bonchev–Trinajstić information content (AvgIpc) is 2.30. The van der Waals surface area contributed by atoms with Crippen molar-refractivity contribution in [3.8, 4) is 0 Å². The maximum atomic E-state index is 12.2. The maximum Gasteiger partial charge on any atom is 0.333 e. The summed E-state index contributed by atoms with van der Waals surface area (Å²) < 4.78 is 56.6. The van der Waals surface area contributed by atoms with Crippen molar-refractivity contribution in [2.24, 2.45) is 0 Å². The molecule has 68 valence electrons. The van der Waals surface area contributed by atoms with Gasteiger partial charge in [0.15, 0.2) is 0 Å². The molecule has 0 saturated heterocycles. The molecule has 1 heterocycles. The van der Waals surface area contributed by atoms with Gasteiger partial charge in [-0.3, -0.25) is 0 Å². The molecule has 0 aliphatic heterocycles. The number of hydrogen-bond acceptors (Lipinski definition) is 3. The number of alkyl halides is 2. The normalized spacial score (nSPS) is 12.3. The minimum Gasteiger partial charge on any atom is -0.205 e. The lowest BCUT2D eigenvalue weighted by Gasteiger charge is -1.96. The summed E-state index contributed by atoms with van der Waals surface area (Å²) in [5.41, 5.74) is -0.775. The van der Waals surface area contributed by atoms with Gasteiger partial charge in [-0.05, 0) is 0 Å². The summed E-state index contributed by atoms with van der Waals surface area (Å²) in [5, 5.41) is 1.76. The van der Waals surface area contributed by atoms with Crippen LogP contribution in [0, 0.1) is 0 Å². The Kier molecular flexibility index (Phi) is 2.43. The predicted molar refractivity (Wildman–Crippen MR) is 37.6 cm³/mol. The van der Waals surface area contributed by atoms with E-state index in [2.05, 4.69) is 0 Å². The Morgan fingerprint density at radius 3 is 2.25 bits per heavy atom. The molecule has 0 radical (unpaired) electrons. The molecule has 0 amide bonds. The number of rotatable bonds is 2. The van der Waals surface area contributed by atoms with Gasteiger partial charge in [0, 0.05) is 16.3 Å². The van der Waals surface area contributed by atoms with E-state index in [4.69, 9.17) is 0 Å². The highest BCUT2D eigenvalue weighted by atomic mass is 32.3. The summed E-state index contributed by atoms with van der Waals surface area (Å²) in [6.07, 6.45) is -2.96. The molecule has 0 aliphatic rings. The maximum absolute atomic E-state index is 12.2. The van der Waals surface area contributed by atoms with Crippen molar-refractivity contribution in [2.45, 2.75) is 11.3 Å². The van der Waals surface area contributed by atoms with E-state index in [9.17, 15) is 21.1 Å². The monoisotopic (exact) mass is 216 g/mol. The van der Waals surface area contributed by atoms with Gasteiger partial charge in [0.25, 0.3) is 6.43 Å². The van der Waals surface area contributed by atoms with Crippen LogP contribution in [0.15, 0.2) is 15.7 Å². The molecule has 0 spiro atoms. The Morgan fingerprint density at radius 2 is 1.92 bits per heavy atom. The second kappa shape index (κ2) is 3.06. The molecule has 2 nitrogen and oxygen atoms in total. The zero-order chi connectivity index (χ0) is 9.35. The second-order valence-electron chi connectivity index (χ2n) is 1.93. The fourth-order valence-corrected chi connectivity index (χ4v) is 2.49. The Balaban J connectivity index is 3.26. The minimum absolute atomic E-state index is 0.722. The molecular formula is C5H3F3O2S2. The lowest BCUT2D eigenvalue weighted by molar-refractivity contribution is 0.148. The van der Waals surface area contributed by atoms with Gasteiger partial charge in [-0.2, -0.15) is 19.8 Å². The van der Waals surface area contributed by atoms with Gasteiger partial charge < -0.3 is 0 Å². The molecule has 1 rings (SSSR count). The Morgan fingerprint density at radius 1 is 1.33 bits per heavy atom.